The van der Waals surface area contributed by atoms with E-state index in [4.69, 9.17) is 9.47 Å². The minimum Gasteiger partial charge on any atom is -0.492 e. The Bertz CT molecular complexity index is 952. The summed E-state index contributed by atoms with van der Waals surface area (Å²) in [4.78, 5) is 12.4. The van der Waals surface area contributed by atoms with Crippen molar-refractivity contribution in [3.63, 3.8) is 0 Å². The zero-order valence-corrected chi connectivity index (χ0v) is 17.6. The largest absolute Gasteiger partial charge is 0.492 e. The molecule has 0 fully saturated rings. The Balaban J connectivity index is 1.47. The van der Waals surface area contributed by atoms with Crippen LogP contribution in [0.25, 0.3) is 10.8 Å². The summed E-state index contributed by atoms with van der Waals surface area (Å²) >= 11 is 0. The summed E-state index contributed by atoms with van der Waals surface area (Å²) in [6, 6.07) is 21.9. The van der Waals surface area contributed by atoms with E-state index < -0.39 is 6.10 Å². The highest BCUT2D eigenvalue weighted by Crippen LogP contribution is 2.26. The minimum atomic E-state index is -0.591. The smallest absolute Gasteiger partial charge is 0.260 e. The van der Waals surface area contributed by atoms with Crippen molar-refractivity contribution in [3.05, 3.63) is 72.3 Å². The Morgan fingerprint density at radius 2 is 1.66 bits per heavy atom. The third-order valence-corrected chi connectivity index (χ3v) is 4.81. The van der Waals surface area contributed by atoms with Crippen LogP contribution in [0.2, 0.25) is 0 Å². The van der Waals surface area contributed by atoms with Crippen molar-refractivity contribution < 1.29 is 14.3 Å². The predicted octanol–water partition coefficient (Wildman–Crippen LogP) is 5.10. The van der Waals surface area contributed by atoms with Crippen molar-refractivity contribution in [1.29, 1.82) is 0 Å². The van der Waals surface area contributed by atoms with Gasteiger partial charge in [-0.15, -0.1) is 0 Å². The van der Waals surface area contributed by atoms with Crippen molar-refractivity contribution in [1.82, 2.24) is 5.32 Å². The van der Waals surface area contributed by atoms with E-state index in [1.54, 1.807) is 6.92 Å². The van der Waals surface area contributed by atoms with Crippen LogP contribution in [0, 0.1) is 0 Å². The SMILES string of the molecule is C[C@@H](Oc1cccc2ccccc12)C(=O)NCCOc1ccc(C(C)(C)C)cc1. The van der Waals surface area contributed by atoms with Crippen LogP contribution < -0.4 is 14.8 Å². The zero-order chi connectivity index (χ0) is 20.9. The number of carbonyl (C=O) groups excluding carboxylic acids is 1. The molecular formula is C25H29NO3. The second-order valence-electron chi connectivity index (χ2n) is 8.15. The van der Waals surface area contributed by atoms with Crippen LogP contribution in [0.3, 0.4) is 0 Å². The molecule has 4 heteroatoms. The fourth-order valence-electron chi connectivity index (χ4n) is 3.08. The van der Waals surface area contributed by atoms with E-state index in [2.05, 4.69) is 38.2 Å². The summed E-state index contributed by atoms with van der Waals surface area (Å²) < 4.78 is 11.6. The number of carbonyl (C=O) groups is 1. The standard InChI is InChI=1S/C25H29NO3/c1-18(29-23-11-7-9-19-8-5-6-10-22(19)23)24(27)26-16-17-28-21-14-12-20(13-15-21)25(2,3)4/h5-15,18H,16-17H2,1-4H3,(H,26,27)/t18-/m1/s1. The first-order valence-electron chi connectivity index (χ1n) is 10.00. The highest BCUT2D eigenvalue weighted by molar-refractivity contribution is 5.89. The zero-order valence-electron chi connectivity index (χ0n) is 17.6. The fourth-order valence-corrected chi connectivity index (χ4v) is 3.08. The summed E-state index contributed by atoms with van der Waals surface area (Å²) in [6.45, 7) is 9.12. The minimum absolute atomic E-state index is 0.118. The predicted molar refractivity (Wildman–Crippen MR) is 118 cm³/mol. The van der Waals surface area contributed by atoms with Gasteiger partial charge in [0.05, 0.1) is 6.54 Å². The third kappa shape index (κ3) is 5.50. The molecule has 0 aromatic heterocycles. The summed E-state index contributed by atoms with van der Waals surface area (Å²) in [6.07, 6.45) is -0.591. The molecule has 29 heavy (non-hydrogen) atoms. The Hall–Kier alpha value is -3.01. The highest BCUT2D eigenvalue weighted by Gasteiger charge is 2.16. The highest BCUT2D eigenvalue weighted by atomic mass is 16.5. The van der Waals surface area contributed by atoms with Crippen LogP contribution in [0.15, 0.2) is 66.7 Å². The number of benzene rings is 3. The normalized spacial score (nSPS) is 12.4. The van der Waals surface area contributed by atoms with Gasteiger partial charge >= 0.3 is 0 Å². The van der Waals surface area contributed by atoms with Crippen LogP contribution in [0.5, 0.6) is 11.5 Å². The number of fused-ring (bicyclic) bond motifs is 1. The van der Waals surface area contributed by atoms with E-state index in [0.29, 0.717) is 18.9 Å². The van der Waals surface area contributed by atoms with Gasteiger partial charge in [-0.1, -0.05) is 69.3 Å². The van der Waals surface area contributed by atoms with E-state index >= 15 is 0 Å². The third-order valence-electron chi connectivity index (χ3n) is 4.81. The molecule has 0 bridgehead atoms. The second-order valence-corrected chi connectivity index (χ2v) is 8.15. The van der Waals surface area contributed by atoms with Crippen molar-refractivity contribution in [2.45, 2.75) is 39.2 Å². The molecule has 0 aliphatic heterocycles. The molecule has 1 atom stereocenters. The van der Waals surface area contributed by atoms with Crippen molar-refractivity contribution in [3.8, 4) is 11.5 Å². The van der Waals surface area contributed by atoms with Crippen LogP contribution >= 0.6 is 0 Å². The average Bonchev–Trinajstić information content (AvgIpc) is 2.71. The van der Waals surface area contributed by atoms with Gasteiger partial charge in [0.25, 0.3) is 5.91 Å². The van der Waals surface area contributed by atoms with Crippen LogP contribution in [-0.4, -0.2) is 25.2 Å². The maximum Gasteiger partial charge on any atom is 0.260 e. The molecule has 0 unspecified atom stereocenters. The van der Waals surface area contributed by atoms with Gasteiger partial charge < -0.3 is 14.8 Å². The molecule has 0 aliphatic carbocycles. The van der Waals surface area contributed by atoms with E-state index in [1.807, 2.05) is 54.6 Å². The maximum absolute atomic E-state index is 12.4. The number of hydrogen-bond donors (Lipinski definition) is 1. The molecule has 0 heterocycles. The molecule has 152 valence electrons. The lowest BCUT2D eigenvalue weighted by molar-refractivity contribution is -0.127. The monoisotopic (exact) mass is 391 g/mol. The Kier molecular flexibility index (Phi) is 6.42. The average molecular weight is 392 g/mol. The number of hydrogen-bond acceptors (Lipinski definition) is 3. The summed E-state index contributed by atoms with van der Waals surface area (Å²) in [7, 11) is 0. The Morgan fingerprint density at radius 1 is 0.966 bits per heavy atom. The van der Waals surface area contributed by atoms with Crippen molar-refractivity contribution >= 4 is 16.7 Å². The summed E-state index contributed by atoms with van der Waals surface area (Å²) in [5.74, 6) is 1.35. The quantitative estimate of drug-likeness (QED) is 0.570. The van der Waals surface area contributed by atoms with Gasteiger partial charge in [-0.25, -0.2) is 0 Å². The number of nitrogens with one attached hydrogen (secondary N) is 1. The topological polar surface area (TPSA) is 47.6 Å². The molecule has 3 aromatic carbocycles. The number of amides is 1. The Morgan fingerprint density at radius 3 is 2.38 bits per heavy atom. The summed E-state index contributed by atoms with van der Waals surface area (Å²) in [5, 5.41) is 4.95. The van der Waals surface area contributed by atoms with Crippen LogP contribution in [-0.2, 0) is 10.2 Å². The molecule has 1 N–H and O–H groups in total. The van der Waals surface area contributed by atoms with Gasteiger partial charge in [-0.3, -0.25) is 4.79 Å². The van der Waals surface area contributed by atoms with Gasteiger partial charge in [-0.05, 0) is 41.5 Å². The molecule has 0 saturated carbocycles. The van der Waals surface area contributed by atoms with Gasteiger partial charge in [0, 0.05) is 5.39 Å². The summed E-state index contributed by atoms with van der Waals surface area (Å²) in [5.41, 5.74) is 1.38. The van der Waals surface area contributed by atoms with Crippen molar-refractivity contribution in [2.75, 3.05) is 13.2 Å². The van der Waals surface area contributed by atoms with Gasteiger partial charge in [-0.2, -0.15) is 0 Å². The van der Waals surface area contributed by atoms with E-state index in [9.17, 15) is 4.79 Å². The first-order chi connectivity index (χ1) is 13.8. The van der Waals surface area contributed by atoms with Gasteiger partial charge in [0.15, 0.2) is 6.10 Å². The number of rotatable bonds is 7. The lowest BCUT2D eigenvalue weighted by Gasteiger charge is -2.19. The first kappa shape index (κ1) is 20.7. The molecule has 3 aromatic rings. The molecule has 0 saturated heterocycles. The Labute approximate surface area is 172 Å². The molecule has 0 radical (unpaired) electrons. The van der Waals surface area contributed by atoms with E-state index in [-0.39, 0.29) is 11.3 Å². The van der Waals surface area contributed by atoms with Gasteiger partial charge in [0.1, 0.15) is 18.1 Å². The molecular weight excluding hydrogens is 362 g/mol. The van der Waals surface area contributed by atoms with E-state index in [1.165, 1.54) is 5.56 Å². The van der Waals surface area contributed by atoms with E-state index in [0.717, 1.165) is 16.5 Å². The lowest BCUT2D eigenvalue weighted by Crippen LogP contribution is -2.38. The number of ether oxygens (including phenoxy) is 2. The molecule has 0 aliphatic rings. The molecule has 0 spiro atoms. The second kappa shape index (κ2) is 8.99. The molecule has 1 amide bonds. The van der Waals surface area contributed by atoms with Crippen molar-refractivity contribution in [2.24, 2.45) is 0 Å². The molecule has 3 rings (SSSR count). The lowest BCUT2D eigenvalue weighted by atomic mass is 9.87. The van der Waals surface area contributed by atoms with Crippen LogP contribution in [0.4, 0.5) is 0 Å². The van der Waals surface area contributed by atoms with Gasteiger partial charge in [0.2, 0.25) is 0 Å². The maximum atomic E-state index is 12.4. The molecule has 4 nitrogen and oxygen atoms in total. The first-order valence-corrected chi connectivity index (χ1v) is 10.00. The van der Waals surface area contributed by atoms with Crippen LogP contribution in [0.1, 0.15) is 33.3 Å². The fraction of sp³-hybridized carbons (Fsp3) is 0.320.